The standard InChI is InChI=1S/C20H20N2O3S2/c23-27(24,22-11-10-14-4-1-2-5-16(14)13-22)19-9-8-18(26-19)17-12-21-20(25-17)15-6-3-7-15/h1-2,4-5,8-9,12,15H,3,6-7,10-11,13H2. The van der Waals surface area contributed by atoms with Crippen LogP contribution >= 0.6 is 11.3 Å². The van der Waals surface area contributed by atoms with Gasteiger partial charge in [-0.2, -0.15) is 4.31 Å². The van der Waals surface area contributed by atoms with E-state index in [9.17, 15) is 8.42 Å². The zero-order valence-corrected chi connectivity index (χ0v) is 16.4. The number of fused-ring (bicyclic) bond motifs is 1. The van der Waals surface area contributed by atoms with Crippen LogP contribution in [0.3, 0.4) is 0 Å². The van der Waals surface area contributed by atoms with Crippen molar-refractivity contribution in [3.63, 3.8) is 0 Å². The van der Waals surface area contributed by atoms with Gasteiger partial charge in [0.15, 0.2) is 11.7 Å². The molecule has 1 aliphatic heterocycles. The summed E-state index contributed by atoms with van der Waals surface area (Å²) in [6.45, 7) is 0.945. The summed E-state index contributed by atoms with van der Waals surface area (Å²) in [4.78, 5) is 5.19. The van der Waals surface area contributed by atoms with Crippen molar-refractivity contribution in [3.8, 4) is 10.6 Å². The van der Waals surface area contributed by atoms with Crippen molar-refractivity contribution in [2.45, 2.75) is 42.4 Å². The lowest BCUT2D eigenvalue weighted by atomic mass is 9.85. The summed E-state index contributed by atoms with van der Waals surface area (Å²) in [6, 6.07) is 11.5. The number of hydrogen-bond donors (Lipinski definition) is 0. The molecule has 1 aromatic carbocycles. The highest BCUT2D eigenvalue weighted by Gasteiger charge is 2.30. The van der Waals surface area contributed by atoms with Crippen LogP contribution in [0.5, 0.6) is 0 Å². The van der Waals surface area contributed by atoms with Gasteiger partial charge in [0, 0.05) is 19.0 Å². The molecular formula is C20H20N2O3S2. The molecule has 2 aliphatic rings. The van der Waals surface area contributed by atoms with E-state index in [0.29, 0.717) is 29.0 Å². The second kappa shape index (κ2) is 6.58. The van der Waals surface area contributed by atoms with E-state index in [1.165, 1.54) is 23.3 Å². The molecule has 1 fully saturated rings. The first-order valence-electron chi connectivity index (χ1n) is 9.24. The lowest BCUT2D eigenvalue weighted by Crippen LogP contribution is -2.35. The van der Waals surface area contributed by atoms with Crippen LogP contribution in [0.25, 0.3) is 10.6 Å². The van der Waals surface area contributed by atoms with Gasteiger partial charge in [-0.25, -0.2) is 13.4 Å². The van der Waals surface area contributed by atoms with E-state index in [0.717, 1.165) is 35.6 Å². The van der Waals surface area contributed by atoms with Crippen LogP contribution < -0.4 is 0 Å². The van der Waals surface area contributed by atoms with Crippen LogP contribution in [0.4, 0.5) is 0 Å². The first-order valence-corrected chi connectivity index (χ1v) is 11.5. The van der Waals surface area contributed by atoms with Crippen LogP contribution in [0, 0.1) is 0 Å². The van der Waals surface area contributed by atoms with Gasteiger partial charge < -0.3 is 4.42 Å². The van der Waals surface area contributed by atoms with Gasteiger partial charge in [-0.1, -0.05) is 30.7 Å². The van der Waals surface area contributed by atoms with Gasteiger partial charge in [-0.3, -0.25) is 0 Å². The molecule has 7 heteroatoms. The van der Waals surface area contributed by atoms with Crippen LogP contribution in [0.15, 0.2) is 51.2 Å². The highest BCUT2D eigenvalue weighted by molar-refractivity contribution is 7.91. The predicted octanol–water partition coefficient (Wildman–Crippen LogP) is 4.42. The Balaban J connectivity index is 1.39. The van der Waals surface area contributed by atoms with Crippen LogP contribution in [-0.2, 0) is 23.0 Å². The van der Waals surface area contributed by atoms with E-state index < -0.39 is 10.0 Å². The largest absolute Gasteiger partial charge is 0.440 e. The molecule has 1 saturated carbocycles. The number of hydrogen-bond acceptors (Lipinski definition) is 5. The van der Waals surface area contributed by atoms with Gasteiger partial charge >= 0.3 is 0 Å². The molecule has 5 rings (SSSR count). The maximum absolute atomic E-state index is 13.1. The van der Waals surface area contributed by atoms with Crippen LogP contribution in [-0.4, -0.2) is 24.3 Å². The number of nitrogens with zero attached hydrogens (tertiary/aromatic N) is 2. The Morgan fingerprint density at radius 1 is 1.11 bits per heavy atom. The van der Waals surface area contributed by atoms with Crippen molar-refractivity contribution in [2.24, 2.45) is 0 Å². The summed E-state index contributed by atoms with van der Waals surface area (Å²) in [7, 11) is -3.51. The molecule has 0 bridgehead atoms. The molecule has 0 N–H and O–H groups in total. The molecule has 0 radical (unpaired) electrons. The molecule has 140 valence electrons. The van der Waals surface area contributed by atoms with E-state index in [4.69, 9.17) is 4.42 Å². The second-order valence-corrected chi connectivity index (χ2v) is 10.4. The molecule has 3 aromatic rings. The van der Waals surface area contributed by atoms with E-state index >= 15 is 0 Å². The fourth-order valence-corrected chi connectivity index (χ4v) is 6.46. The van der Waals surface area contributed by atoms with Gasteiger partial charge in [0.2, 0.25) is 0 Å². The second-order valence-electron chi connectivity index (χ2n) is 7.17. The average molecular weight is 401 g/mol. The first kappa shape index (κ1) is 17.2. The third-order valence-electron chi connectivity index (χ3n) is 5.49. The first-order chi connectivity index (χ1) is 13.1. The van der Waals surface area contributed by atoms with Crippen molar-refractivity contribution in [1.29, 1.82) is 0 Å². The zero-order valence-electron chi connectivity index (χ0n) is 14.8. The fourth-order valence-electron chi connectivity index (χ4n) is 3.64. The number of sulfonamides is 1. The van der Waals surface area contributed by atoms with E-state index in [2.05, 4.69) is 11.1 Å². The molecule has 0 unspecified atom stereocenters. The topological polar surface area (TPSA) is 63.4 Å². The minimum Gasteiger partial charge on any atom is -0.440 e. The minimum atomic E-state index is -3.51. The highest BCUT2D eigenvalue weighted by atomic mass is 32.2. The molecular weight excluding hydrogens is 380 g/mol. The van der Waals surface area contributed by atoms with Gasteiger partial charge in [-0.05, 0) is 42.5 Å². The van der Waals surface area contributed by atoms with Crippen molar-refractivity contribution >= 4 is 21.4 Å². The number of rotatable bonds is 4. The monoisotopic (exact) mass is 400 g/mol. The average Bonchev–Trinajstić information content (AvgIpc) is 3.29. The Kier molecular flexibility index (Phi) is 4.18. The Bertz CT molecular complexity index is 1080. The zero-order chi connectivity index (χ0) is 18.4. The van der Waals surface area contributed by atoms with Gasteiger partial charge in [0.25, 0.3) is 10.0 Å². The maximum atomic E-state index is 13.1. The van der Waals surface area contributed by atoms with Gasteiger partial charge in [0.05, 0.1) is 11.1 Å². The predicted molar refractivity (Wildman–Crippen MR) is 104 cm³/mol. The Labute approximate surface area is 162 Å². The molecule has 1 aliphatic carbocycles. The lowest BCUT2D eigenvalue weighted by molar-refractivity contribution is 0.338. The van der Waals surface area contributed by atoms with E-state index in [-0.39, 0.29) is 0 Å². The summed E-state index contributed by atoms with van der Waals surface area (Å²) in [5.74, 6) is 1.87. The summed E-state index contributed by atoms with van der Waals surface area (Å²) in [5.41, 5.74) is 2.32. The Morgan fingerprint density at radius 2 is 1.93 bits per heavy atom. The van der Waals surface area contributed by atoms with E-state index in [1.54, 1.807) is 16.6 Å². The fraction of sp³-hybridized carbons (Fsp3) is 0.350. The van der Waals surface area contributed by atoms with Gasteiger partial charge in [-0.15, -0.1) is 11.3 Å². The molecule has 2 aromatic heterocycles. The highest BCUT2D eigenvalue weighted by Crippen LogP contribution is 2.39. The van der Waals surface area contributed by atoms with Crippen molar-refractivity contribution < 1.29 is 12.8 Å². The third-order valence-corrected chi connectivity index (χ3v) is 8.90. The number of oxazole rings is 1. The quantitative estimate of drug-likeness (QED) is 0.650. The molecule has 0 spiro atoms. The summed E-state index contributed by atoms with van der Waals surface area (Å²) in [6.07, 6.45) is 5.94. The number of thiophene rings is 1. The van der Waals surface area contributed by atoms with Crippen molar-refractivity contribution in [1.82, 2.24) is 9.29 Å². The van der Waals surface area contributed by atoms with Gasteiger partial charge in [0.1, 0.15) is 4.21 Å². The third kappa shape index (κ3) is 3.03. The summed E-state index contributed by atoms with van der Waals surface area (Å²) in [5, 5.41) is 0. The molecule has 0 amide bonds. The maximum Gasteiger partial charge on any atom is 0.252 e. The Hall–Kier alpha value is -1.96. The normalized spacial score (nSPS) is 18.2. The van der Waals surface area contributed by atoms with Crippen molar-refractivity contribution in [3.05, 3.63) is 59.6 Å². The smallest absolute Gasteiger partial charge is 0.252 e. The van der Waals surface area contributed by atoms with Crippen LogP contribution in [0.2, 0.25) is 0 Å². The van der Waals surface area contributed by atoms with E-state index in [1.807, 2.05) is 24.3 Å². The number of aromatic nitrogens is 1. The lowest BCUT2D eigenvalue weighted by Gasteiger charge is -2.27. The SMILES string of the molecule is O=S(=O)(c1ccc(-c2cnc(C3CCC3)o2)s1)N1CCc2ccccc2C1. The number of benzene rings is 1. The molecule has 5 nitrogen and oxygen atoms in total. The minimum absolute atomic E-state index is 0.360. The van der Waals surface area contributed by atoms with Crippen LogP contribution in [0.1, 0.15) is 42.2 Å². The molecule has 0 saturated heterocycles. The molecule has 0 atom stereocenters. The molecule has 27 heavy (non-hydrogen) atoms. The summed E-state index contributed by atoms with van der Waals surface area (Å²) < 4.78 is 34.0. The Morgan fingerprint density at radius 3 is 2.70 bits per heavy atom. The van der Waals surface area contributed by atoms with Crippen molar-refractivity contribution in [2.75, 3.05) is 6.54 Å². The summed E-state index contributed by atoms with van der Waals surface area (Å²) >= 11 is 1.26. The molecule has 3 heterocycles.